The number of likely N-dealkylation sites (tertiary alicyclic amines) is 1. The molecule has 0 saturated carbocycles. The number of carbonyl (C=O) groups is 1. The van der Waals surface area contributed by atoms with E-state index in [1.165, 1.54) is 6.42 Å². The number of hydrogen-bond donors (Lipinski definition) is 0. The van der Waals surface area contributed by atoms with Gasteiger partial charge in [0.15, 0.2) is 5.16 Å². The van der Waals surface area contributed by atoms with E-state index >= 15 is 0 Å². The van der Waals surface area contributed by atoms with Gasteiger partial charge in [-0.1, -0.05) is 11.8 Å². The van der Waals surface area contributed by atoms with Crippen LogP contribution in [0.5, 0.6) is 0 Å². The van der Waals surface area contributed by atoms with Crippen molar-refractivity contribution in [2.24, 2.45) is 0 Å². The van der Waals surface area contributed by atoms with Gasteiger partial charge < -0.3 is 9.47 Å². The third-order valence-electron chi connectivity index (χ3n) is 3.47. The molecule has 2 heterocycles. The Bertz CT molecular complexity index is 405. The van der Waals surface area contributed by atoms with Gasteiger partial charge in [0.25, 0.3) is 0 Å². The molecule has 1 amide bonds. The number of amides is 1. The molecule has 0 N–H and O–H groups in total. The lowest BCUT2D eigenvalue weighted by Crippen LogP contribution is -2.42. The standard InChI is InChI=1S/C13H21N3OS/c1-3-15-9-7-14-13(15)18-10-12(17)16-8-5-4-6-11(16)2/h7,9,11H,3-6,8,10H2,1-2H3. The summed E-state index contributed by atoms with van der Waals surface area (Å²) in [7, 11) is 0. The fourth-order valence-electron chi connectivity index (χ4n) is 2.35. The summed E-state index contributed by atoms with van der Waals surface area (Å²) < 4.78 is 2.07. The molecule has 1 aromatic heterocycles. The maximum absolute atomic E-state index is 12.2. The Morgan fingerprint density at radius 3 is 3.11 bits per heavy atom. The van der Waals surface area contributed by atoms with E-state index in [0.29, 0.717) is 11.8 Å². The summed E-state index contributed by atoms with van der Waals surface area (Å²) in [5.41, 5.74) is 0. The van der Waals surface area contributed by atoms with E-state index in [4.69, 9.17) is 0 Å². The zero-order valence-electron chi connectivity index (χ0n) is 11.1. The number of aromatic nitrogens is 2. The van der Waals surface area contributed by atoms with Gasteiger partial charge in [-0.05, 0) is 33.1 Å². The molecule has 0 aliphatic carbocycles. The Morgan fingerprint density at radius 2 is 2.39 bits per heavy atom. The zero-order valence-corrected chi connectivity index (χ0v) is 11.9. The van der Waals surface area contributed by atoms with Crippen LogP contribution in [-0.2, 0) is 11.3 Å². The molecular formula is C13H21N3OS. The van der Waals surface area contributed by atoms with Gasteiger partial charge in [-0.2, -0.15) is 0 Å². The van der Waals surface area contributed by atoms with E-state index < -0.39 is 0 Å². The number of rotatable bonds is 4. The SMILES string of the molecule is CCn1ccnc1SCC(=O)N1CCCCC1C. The Kier molecular flexibility index (Phi) is 4.69. The van der Waals surface area contributed by atoms with Gasteiger partial charge in [0, 0.05) is 31.5 Å². The van der Waals surface area contributed by atoms with E-state index in [-0.39, 0.29) is 5.91 Å². The maximum atomic E-state index is 12.2. The van der Waals surface area contributed by atoms with Gasteiger partial charge in [-0.3, -0.25) is 4.79 Å². The maximum Gasteiger partial charge on any atom is 0.233 e. The average Bonchev–Trinajstić information content (AvgIpc) is 2.84. The van der Waals surface area contributed by atoms with Crippen molar-refractivity contribution in [3.63, 3.8) is 0 Å². The number of piperidine rings is 1. The molecule has 1 unspecified atom stereocenters. The largest absolute Gasteiger partial charge is 0.339 e. The lowest BCUT2D eigenvalue weighted by atomic mass is 10.0. The molecule has 4 nitrogen and oxygen atoms in total. The van der Waals surface area contributed by atoms with Crippen molar-refractivity contribution in [2.45, 2.75) is 50.9 Å². The zero-order chi connectivity index (χ0) is 13.0. The van der Waals surface area contributed by atoms with E-state index in [1.807, 2.05) is 11.1 Å². The summed E-state index contributed by atoms with van der Waals surface area (Å²) in [6, 6.07) is 0.401. The predicted molar refractivity (Wildman–Crippen MR) is 73.7 cm³/mol. The molecule has 1 saturated heterocycles. The lowest BCUT2D eigenvalue weighted by Gasteiger charge is -2.33. The number of aryl methyl sites for hydroxylation is 1. The lowest BCUT2D eigenvalue weighted by molar-refractivity contribution is -0.131. The molecule has 1 atom stereocenters. The second-order valence-corrected chi connectivity index (χ2v) is 5.66. The molecule has 0 spiro atoms. The number of imidazole rings is 1. The summed E-state index contributed by atoms with van der Waals surface area (Å²) in [5.74, 6) is 0.749. The molecule has 18 heavy (non-hydrogen) atoms. The second-order valence-electron chi connectivity index (χ2n) is 4.72. The fourth-order valence-corrected chi connectivity index (χ4v) is 3.26. The molecule has 0 radical (unpaired) electrons. The first-order valence-corrected chi connectivity index (χ1v) is 7.64. The fraction of sp³-hybridized carbons (Fsp3) is 0.692. The van der Waals surface area contributed by atoms with Crippen molar-refractivity contribution in [3.05, 3.63) is 12.4 Å². The van der Waals surface area contributed by atoms with Crippen molar-refractivity contribution in [2.75, 3.05) is 12.3 Å². The summed E-state index contributed by atoms with van der Waals surface area (Å²) in [5, 5.41) is 0.940. The number of hydrogen-bond acceptors (Lipinski definition) is 3. The van der Waals surface area contributed by atoms with Crippen molar-refractivity contribution in [3.8, 4) is 0 Å². The average molecular weight is 267 g/mol. The highest BCUT2D eigenvalue weighted by Crippen LogP contribution is 2.20. The molecule has 1 aromatic rings. The van der Waals surface area contributed by atoms with E-state index in [2.05, 4.69) is 23.4 Å². The normalized spacial score (nSPS) is 20.1. The summed E-state index contributed by atoms with van der Waals surface area (Å²) in [6.45, 7) is 6.05. The minimum atomic E-state index is 0.248. The van der Waals surface area contributed by atoms with E-state index in [9.17, 15) is 4.79 Å². The molecule has 0 aromatic carbocycles. The first-order valence-electron chi connectivity index (χ1n) is 6.65. The quantitative estimate of drug-likeness (QED) is 0.786. The van der Waals surface area contributed by atoms with Crippen molar-refractivity contribution in [1.29, 1.82) is 0 Å². The van der Waals surface area contributed by atoms with E-state index in [0.717, 1.165) is 31.1 Å². The van der Waals surface area contributed by atoms with Crippen molar-refractivity contribution >= 4 is 17.7 Å². The first kappa shape index (κ1) is 13.5. The van der Waals surface area contributed by atoms with Crippen LogP contribution in [0.2, 0.25) is 0 Å². The Balaban J connectivity index is 1.88. The summed E-state index contributed by atoms with van der Waals surface area (Å²) in [6.07, 6.45) is 7.28. The number of thioether (sulfide) groups is 1. The van der Waals surface area contributed by atoms with Gasteiger partial charge in [0.05, 0.1) is 5.75 Å². The van der Waals surface area contributed by atoms with Crippen LogP contribution in [-0.4, -0.2) is 38.7 Å². The topological polar surface area (TPSA) is 38.1 Å². The first-order chi connectivity index (χ1) is 8.72. The highest BCUT2D eigenvalue weighted by Gasteiger charge is 2.23. The van der Waals surface area contributed by atoms with Crippen LogP contribution in [0.3, 0.4) is 0 Å². The molecule has 5 heteroatoms. The summed E-state index contributed by atoms with van der Waals surface area (Å²) in [4.78, 5) is 18.5. The molecular weight excluding hydrogens is 246 g/mol. The predicted octanol–water partition coefficient (Wildman–Crippen LogP) is 2.40. The van der Waals surface area contributed by atoms with Crippen LogP contribution < -0.4 is 0 Å². The van der Waals surface area contributed by atoms with Crippen LogP contribution in [0.1, 0.15) is 33.1 Å². The van der Waals surface area contributed by atoms with Crippen LogP contribution in [0.4, 0.5) is 0 Å². The minimum Gasteiger partial charge on any atom is -0.339 e. The molecule has 1 aliphatic heterocycles. The third-order valence-corrected chi connectivity index (χ3v) is 4.46. The van der Waals surface area contributed by atoms with Crippen LogP contribution in [0.15, 0.2) is 17.6 Å². The molecule has 100 valence electrons. The highest BCUT2D eigenvalue weighted by atomic mass is 32.2. The van der Waals surface area contributed by atoms with Gasteiger partial charge >= 0.3 is 0 Å². The van der Waals surface area contributed by atoms with Crippen LogP contribution >= 0.6 is 11.8 Å². The Labute approximate surface area is 113 Å². The smallest absolute Gasteiger partial charge is 0.233 e. The second kappa shape index (κ2) is 6.27. The number of carbonyl (C=O) groups excluding carboxylic acids is 1. The summed E-state index contributed by atoms with van der Waals surface area (Å²) >= 11 is 1.54. The van der Waals surface area contributed by atoms with Gasteiger partial charge in [0.2, 0.25) is 5.91 Å². The molecule has 0 bridgehead atoms. The Hall–Kier alpha value is -0.970. The molecule has 1 fully saturated rings. The van der Waals surface area contributed by atoms with Gasteiger partial charge in [-0.15, -0.1) is 0 Å². The minimum absolute atomic E-state index is 0.248. The van der Waals surface area contributed by atoms with Crippen LogP contribution in [0.25, 0.3) is 0 Å². The third kappa shape index (κ3) is 3.07. The van der Waals surface area contributed by atoms with Crippen molar-refractivity contribution in [1.82, 2.24) is 14.5 Å². The van der Waals surface area contributed by atoms with Gasteiger partial charge in [-0.25, -0.2) is 4.98 Å². The number of nitrogens with zero attached hydrogens (tertiary/aromatic N) is 3. The monoisotopic (exact) mass is 267 g/mol. The van der Waals surface area contributed by atoms with E-state index in [1.54, 1.807) is 18.0 Å². The molecule has 2 rings (SSSR count). The highest BCUT2D eigenvalue weighted by molar-refractivity contribution is 7.99. The van der Waals surface area contributed by atoms with Crippen molar-refractivity contribution < 1.29 is 4.79 Å². The van der Waals surface area contributed by atoms with Crippen LogP contribution in [0, 0.1) is 0 Å². The Morgan fingerprint density at radius 1 is 1.56 bits per heavy atom. The van der Waals surface area contributed by atoms with Gasteiger partial charge in [0.1, 0.15) is 0 Å². The molecule has 1 aliphatic rings.